The average molecular weight is 472 g/mol. The van der Waals surface area contributed by atoms with E-state index in [0.717, 1.165) is 0 Å². The Kier molecular flexibility index (Phi) is 5.33. The van der Waals surface area contributed by atoms with Crippen LogP contribution in [0.5, 0.6) is 11.5 Å². The van der Waals surface area contributed by atoms with Crippen LogP contribution in [0.1, 0.15) is 16.1 Å². The lowest BCUT2D eigenvalue weighted by molar-refractivity contribution is 0.100. The number of H-pyrrole nitrogens is 1. The maximum Gasteiger partial charge on any atom is 0.248 e. The van der Waals surface area contributed by atoms with Crippen molar-refractivity contribution in [2.75, 3.05) is 5.73 Å². The molecule has 0 fully saturated rings. The second-order valence-electron chi connectivity index (χ2n) is 7.78. The SMILES string of the molecule is Cc1nc(N)ncc1-c1cc2[nH]c(-c3ccc(Oc4ccc(C(N)=O)cc4)cc3)nc2c(F)c1F. The van der Waals surface area contributed by atoms with Crippen LogP contribution in [0.15, 0.2) is 60.8 Å². The van der Waals surface area contributed by atoms with Gasteiger partial charge in [-0.3, -0.25) is 4.79 Å². The number of aromatic nitrogens is 4. The molecule has 2 aromatic heterocycles. The quantitative estimate of drug-likeness (QED) is 0.338. The molecule has 35 heavy (non-hydrogen) atoms. The van der Waals surface area contributed by atoms with Gasteiger partial charge in [-0.15, -0.1) is 0 Å². The number of hydrogen-bond acceptors (Lipinski definition) is 6. The molecule has 2 heterocycles. The Morgan fingerprint density at radius 2 is 1.60 bits per heavy atom. The molecule has 3 aromatic carbocycles. The predicted octanol–water partition coefficient (Wildman–Crippen LogP) is 4.75. The van der Waals surface area contributed by atoms with Gasteiger partial charge in [0.25, 0.3) is 0 Å². The minimum Gasteiger partial charge on any atom is -0.457 e. The van der Waals surface area contributed by atoms with Crippen molar-refractivity contribution in [1.82, 2.24) is 19.9 Å². The molecular weight excluding hydrogens is 454 g/mol. The number of carbonyl (C=O) groups is 1. The van der Waals surface area contributed by atoms with Crippen LogP contribution < -0.4 is 16.2 Å². The van der Waals surface area contributed by atoms with Gasteiger partial charge in [-0.25, -0.2) is 23.7 Å². The molecule has 8 nitrogen and oxygen atoms in total. The number of nitrogen functional groups attached to an aromatic ring is 1. The maximum atomic E-state index is 14.9. The number of aromatic amines is 1. The van der Waals surface area contributed by atoms with Crippen LogP contribution in [0.2, 0.25) is 0 Å². The Morgan fingerprint density at radius 3 is 2.23 bits per heavy atom. The monoisotopic (exact) mass is 472 g/mol. The maximum absolute atomic E-state index is 14.9. The van der Waals surface area contributed by atoms with E-state index in [4.69, 9.17) is 16.2 Å². The van der Waals surface area contributed by atoms with Crippen LogP contribution in [0.3, 0.4) is 0 Å². The Hall–Kier alpha value is -4.86. The van der Waals surface area contributed by atoms with Crippen molar-refractivity contribution in [2.45, 2.75) is 6.92 Å². The molecule has 0 aliphatic rings. The molecular formula is C25H18F2N6O2. The van der Waals surface area contributed by atoms with E-state index in [-0.39, 0.29) is 17.0 Å². The van der Waals surface area contributed by atoms with E-state index in [1.807, 2.05) is 0 Å². The number of carbonyl (C=O) groups excluding carboxylic acids is 1. The fourth-order valence-corrected chi connectivity index (χ4v) is 3.67. The summed E-state index contributed by atoms with van der Waals surface area (Å²) in [6.07, 6.45) is 1.36. The molecule has 0 unspecified atom stereocenters. The summed E-state index contributed by atoms with van der Waals surface area (Å²) >= 11 is 0. The first-order valence-electron chi connectivity index (χ1n) is 10.5. The Balaban J connectivity index is 1.45. The summed E-state index contributed by atoms with van der Waals surface area (Å²) in [5, 5.41) is 0. The van der Waals surface area contributed by atoms with E-state index in [1.54, 1.807) is 55.5 Å². The molecule has 0 atom stereocenters. The summed E-state index contributed by atoms with van der Waals surface area (Å²) in [6, 6.07) is 14.8. The van der Waals surface area contributed by atoms with E-state index in [1.165, 1.54) is 12.3 Å². The zero-order chi connectivity index (χ0) is 24.7. The number of hydrogen-bond donors (Lipinski definition) is 3. The number of nitrogens with one attached hydrogen (secondary N) is 1. The van der Waals surface area contributed by atoms with E-state index in [2.05, 4.69) is 19.9 Å². The van der Waals surface area contributed by atoms with Gasteiger partial charge in [0.15, 0.2) is 11.6 Å². The van der Waals surface area contributed by atoms with Crippen molar-refractivity contribution in [2.24, 2.45) is 5.73 Å². The van der Waals surface area contributed by atoms with Crippen LogP contribution in [0.4, 0.5) is 14.7 Å². The van der Waals surface area contributed by atoms with Crippen molar-refractivity contribution < 1.29 is 18.3 Å². The lowest BCUT2D eigenvalue weighted by atomic mass is 10.0. The van der Waals surface area contributed by atoms with Gasteiger partial charge in [0, 0.05) is 28.5 Å². The van der Waals surface area contributed by atoms with E-state index in [9.17, 15) is 13.6 Å². The van der Waals surface area contributed by atoms with Gasteiger partial charge in [-0.1, -0.05) is 0 Å². The highest BCUT2D eigenvalue weighted by atomic mass is 19.2. The van der Waals surface area contributed by atoms with E-state index >= 15 is 0 Å². The molecule has 0 bridgehead atoms. The zero-order valence-corrected chi connectivity index (χ0v) is 18.3. The van der Waals surface area contributed by atoms with Gasteiger partial charge in [0.2, 0.25) is 11.9 Å². The number of rotatable bonds is 5. The van der Waals surface area contributed by atoms with E-state index in [0.29, 0.717) is 45.2 Å². The zero-order valence-electron chi connectivity index (χ0n) is 18.3. The van der Waals surface area contributed by atoms with Crippen molar-refractivity contribution >= 4 is 22.9 Å². The summed E-state index contributed by atoms with van der Waals surface area (Å²) < 4.78 is 35.5. The number of nitrogens with zero attached hydrogens (tertiary/aromatic N) is 3. The highest BCUT2D eigenvalue weighted by Gasteiger charge is 2.20. The first-order valence-corrected chi connectivity index (χ1v) is 10.5. The summed E-state index contributed by atoms with van der Waals surface area (Å²) in [4.78, 5) is 26.4. The lowest BCUT2D eigenvalue weighted by Crippen LogP contribution is -2.10. The summed E-state index contributed by atoms with van der Waals surface area (Å²) in [5.41, 5.74) is 12.8. The standard InChI is InChI=1S/C25H18F2N6O2/c1-12-18(11-30-25(29)31-12)17-10-19-22(21(27)20(17)26)33-24(32-19)14-4-8-16(9-5-14)35-15-6-2-13(3-7-15)23(28)34/h2-11H,1H3,(H2,28,34)(H,32,33)(H2,29,30,31). The third kappa shape index (κ3) is 4.12. The first kappa shape index (κ1) is 22.0. The number of aryl methyl sites for hydroxylation is 1. The van der Waals surface area contributed by atoms with Gasteiger partial charge in [0.05, 0.1) is 11.2 Å². The highest BCUT2D eigenvalue weighted by Crippen LogP contribution is 2.33. The largest absolute Gasteiger partial charge is 0.457 e. The molecule has 0 spiro atoms. The van der Waals surface area contributed by atoms with Crippen molar-refractivity contribution in [1.29, 1.82) is 0 Å². The van der Waals surface area contributed by atoms with Crippen LogP contribution in [0, 0.1) is 18.6 Å². The van der Waals surface area contributed by atoms with Crippen molar-refractivity contribution in [3.8, 4) is 34.0 Å². The third-order valence-electron chi connectivity index (χ3n) is 5.45. The van der Waals surface area contributed by atoms with Crippen LogP contribution >= 0.6 is 0 Å². The average Bonchev–Trinajstić information content (AvgIpc) is 3.27. The normalized spacial score (nSPS) is 11.1. The minimum absolute atomic E-state index is 0.00815. The number of halogens is 2. The number of imidazole rings is 1. The number of primary amides is 1. The molecule has 0 aliphatic heterocycles. The van der Waals surface area contributed by atoms with E-state index < -0.39 is 17.5 Å². The Morgan fingerprint density at radius 1 is 0.943 bits per heavy atom. The summed E-state index contributed by atoms with van der Waals surface area (Å²) in [7, 11) is 0. The number of benzene rings is 3. The molecule has 10 heteroatoms. The molecule has 5 aromatic rings. The van der Waals surface area contributed by atoms with Gasteiger partial charge in [-0.05, 0) is 61.5 Å². The van der Waals surface area contributed by atoms with Crippen molar-refractivity contribution in [3.63, 3.8) is 0 Å². The Labute approximate surface area is 197 Å². The predicted molar refractivity (Wildman–Crippen MR) is 127 cm³/mol. The van der Waals surface area contributed by atoms with Crippen LogP contribution in [0.25, 0.3) is 33.5 Å². The number of fused-ring (bicyclic) bond motifs is 1. The van der Waals surface area contributed by atoms with Gasteiger partial charge < -0.3 is 21.2 Å². The first-order chi connectivity index (χ1) is 16.8. The topological polar surface area (TPSA) is 133 Å². The second kappa shape index (κ2) is 8.49. The smallest absolute Gasteiger partial charge is 0.248 e. The van der Waals surface area contributed by atoms with Gasteiger partial charge in [-0.2, -0.15) is 0 Å². The number of ether oxygens (including phenoxy) is 1. The minimum atomic E-state index is -1.07. The molecule has 0 aliphatic carbocycles. The molecule has 0 radical (unpaired) electrons. The van der Waals surface area contributed by atoms with Crippen LogP contribution in [-0.4, -0.2) is 25.8 Å². The molecule has 1 amide bonds. The summed E-state index contributed by atoms with van der Waals surface area (Å²) in [5.74, 6) is -1.17. The van der Waals surface area contributed by atoms with Gasteiger partial charge in [0.1, 0.15) is 22.8 Å². The molecule has 5 N–H and O–H groups in total. The molecule has 5 rings (SSSR count). The van der Waals surface area contributed by atoms with Gasteiger partial charge >= 0.3 is 0 Å². The number of anilines is 1. The fourth-order valence-electron chi connectivity index (χ4n) is 3.67. The molecule has 174 valence electrons. The lowest BCUT2D eigenvalue weighted by Gasteiger charge is -2.07. The fraction of sp³-hybridized carbons (Fsp3) is 0.0400. The Bertz CT molecular complexity index is 1580. The molecule has 0 saturated carbocycles. The molecule has 0 saturated heterocycles. The highest BCUT2D eigenvalue weighted by molar-refractivity contribution is 5.92. The third-order valence-corrected chi connectivity index (χ3v) is 5.45. The number of amides is 1. The summed E-state index contributed by atoms with van der Waals surface area (Å²) in [6.45, 7) is 1.64. The van der Waals surface area contributed by atoms with Crippen LogP contribution in [-0.2, 0) is 0 Å². The number of nitrogens with two attached hydrogens (primary N) is 2. The van der Waals surface area contributed by atoms with Crippen molar-refractivity contribution in [3.05, 3.63) is 83.7 Å². The second-order valence-corrected chi connectivity index (χ2v) is 7.78.